The average molecular weight is 739 g/mol. The Hall–Kier alpha value is -8.00. The fourth-order valence-corrected chi connectivity index (χ4v) is 8.87. The molecule has 270 valence electrons. The van der Waals surface area contributed by atoms with Gasteiger partial charge in [0.1, 0.15) is 11.6 Å². The summed E-state index contributed by atoms with van der Waals surface area (Å²) in [5.41, 5.74) is 13.8. The SMILES string of the molecule is N#Cc1cccc(-c2ccccc2-c2ccccc2-c2ccccc2-c2cc(-n3c4ccccc4c4ccccc43)nc(-n3c4ccccc4c4ccccc43)c2)c1. The van der Waals surface area contributed by atoms with Crippen LogP contribution in [-0.2, 0) is 0 Å². The first-order chi connectivity index (χ1) is 28.7. The molecule has 8 aromatic carbocycles. The van der Waals surface area contributed by atoms with Crippen LogP contribution in [-0.4, -0.2) is 14.1 Å². The predicted molar refractivity (Wildman–Crippen MR) is 239 cm³/mol. The Kier molecular flexibility index (Phi) is 7.84. The monoisotopic (exact) mass is 738 g/mol. The minimum Gasteiger partial charge on any atom is -0.294 e. The van der Waals surface area contributed by atoms with Crippen LogP contribution in [0.5, 0.6) is 0 Å². The third-order valence-electron chi connectivity index (χ3n) is 11.4. The van der Waals surface area contributed by atoms with Crippen molar-refractivity contribution in [3.63, 3.8) is 0 Å². The van der Waals surface area contributed by atoms with Gasteiger partial charge in [0.15, 0.2) is 0 Å². The Balaban J connectivity index is 1.19. The summed E-state index contributed by atoms with van der Waals surface area (Å²) in [5.74, 6) is 1.69. The summed E-state index contributed by atoms with van der Waals surface area (Å²) in [6.45, 7) is 0. The number of hydrogen-bond acceptors (Lipinski definition) is 2. The number of hydrogen-bond donors (Lipinski definition) is 0. The van der Waals surface area contributed by atoms with Crippen LogP contribution in [0.15, 0.2) is 206 Å². The topological polar surface area (TPSA) is 46.5 Å². The van der Waals surface area contributed by atoms with Gasteiger partial charge in [-0.05, 0) is 93.0 Å². The second kappa shape index (κ2) is 13.6. The van der Waals surface area contributed by atoms with Gasteiger partial charge in [0.25, 0.3) is 0 Å². The number of nitriles is 1. The van der Waals surface area contributed by atoms with Gasteiger partial charge in [-0.15, -0.1) is 0 Å². The van der Waals surface area contributed by atoms with E-state index in [4.69, 9.17) is 4.98 Å². The maximum atomic E-state index is 9.74. The van der Waals surface area contributed by atoms with E-state index in [1.807, 2.05) is 18.2 Å². The molecule has 0 amide bonds. The lowest BCUT2D eigenvalue weighted by atomic mass is 9.86. The van der Waals surface area contributed by atoms with E-state index < -0.39 is 0 Å². The molecule has 0 fully saturated rings. The zero-order chi connectivity index (χ0) is 38.6. The quantitative estimate of drug-likeness (QED) is 0.170. The molecule has 58 heavy (non-hydrogen) atoms. The minimum absolute atomic E-state index is 0.640. The van der Waals surface area contributed by atoms with Crippen molar-refractivity contribution in [2.24, 2.45) is 0 Å². The van der Waals surface area contributed by atoms with Crippen molar-refractivity contribution in [1.29, 1.82) is 5.26 Å². The number of aromatic nitrogens is 3. The van der Waals surface area contributed by atoms with E-state index in [1.54, 1.807) is 0 Å². The standard InChI is InChI=1S/C54H34N4/c55-35-36-16-15-17-37(32-36)39-18-1-3-20-41(39)43-22-5-6-23-44(43)42-21-4-2-19-40(42)38-33-53(57-49-28-11-7-24-45(49)46-25-8-12-29-50(46)57)56-54(34-38)58-51-30-13-9-26-47(51)48-27-10-14-31-52(48)58/h1-34H. The highest BCUT2D eigenvalue weighted by Crippen LogP contribution is 2.43. The third-order valence-corrected chi connectivity index (χ3v) is 11.4. The first-order valence-corrected chi connectivity index (χ1v) is 19.5. The summed E-state index contributed by atoms with van der Waals surface area (Å²) >= 11 is 0. The Morgan fingerprint density at radius 1 is 0.328 bits per heavy atom. The average Bonchev–Trinajstić information content (AvgIpc) is 3.82. The van der Waals surface area contributed by atoms with Crippen LogP contribution in [0, 0.1) is 11.3 Å². The van der Waals surface area contributed by atoms with E-state index in [1.165, 1.54) is 21.5 Å². The molecule has 0 aliphatic rings. The summed E-state index contributed by atoms with van der Waals surface area (Å²) in [5, 5.41) is 14.5. The zero-order valence-corrected chi connectivity index (χ0v) is 31.4. The minimum atomic E-state index is 0.640. The molecule has 0 spiro atoms. The van der Waals surface area contributed by atoms with Gasteiger partial charge in [-0.25, -0.2) is 4.98 Å². The van der Waals surface area contributed by atoms with Crippen LogP contribution in [0.3, 0.4) is 0 Å². The Labute approximate surface area is 335 Å². The lowest BCUT2D eigenvalue weighted by molar-refractivity contribution is 1.01. The van der Waals surface area contributed by atoms with Gasteiger partial charge in [-0.2, -0.15) is 5.26 Å². The number of benzene rings is 8. The predicted octanol–water partition coefficient (Wildman–Crippen LogP) is 13.8. The van der Waals surface area contributed by atoms with E-state index in [0.717, 1.165) is 78.2 Å². The molecule has 0 N–H and O–H groups in total. The molecule has 0 bridgehead atoms. The summed E-state index contributed by atoms with van der Waals surface area (Å²) in [7, 11) is 0. The summed E-state index contributed by atoms with van der Waals surface area (Å²) in [4.78, 5) is 5.57. The molecule has 11 aromatic rings. The lowest BCUT2D eigenvalue weighted by Gasteiger charge is -2.19. The van der Waals surface area contributed by atoms with Crippen molar-refractivity contribution in [2.75, 3.05) is 0 Å². The lowest BCUT2D eigenvalue weighted by Crippen LogP contribution is -2.04. The number of para-hydroxylation sites is 4. The largest absolute Gasteiger partial charge is 0.294 e. The van der Waals surface area contributed by atoms with Gasteiger partial charge in [-0.3, -0.25) is 9.13 Å². The van der Waals surface area contributed by atoms with Gasteiger partial charge in [0, 0.05) is 21.5 Å². The molecule has 0 unspecified atom stereocenters. The summed E-state index contributed by atoms with van der Waals surface area (Å²) in [6.07, 6.45) is 0. The normalized spacial score (nSPS) is 11.4. The summed E-state index contributed by atoms with van der Waals surface area (Å²) < 4.78 is 4.63. The van der Waals surface area contributed by atoms with E-state index in [0.29, 0.717) is 5.56 Å². The zero-order valence-electron chi connectivity index (χ0n) is 31.4. The second-order valence-corrected chi connectivity index (χ2v) is 14.6. The number of nitrogens with zero attached hydrogens (tertiary/aromatic N) is 4. The fraction of sp³-hybridized carbons (Fsp3) is 0. The van der Waals surface area contributed by atoms with Crippen molar-refractivity contribution < 1.29 is 0 Å². The van der Waals surface area contributed by atoms with Crippen LogP contribution >= 0.6 is 0 Å². The molecule has 3 heterocycles. The maximum absolute atomic E-state index is 9.74. The van der Waals surface area contributed by atoms with Gasteiger partial charge >= 0.3 is 0 Å². The Morgan fingerprint density at radius 2 is 0.672 bits per heavy atom. The molecule has 0 atom stereocenters. The molecule has 4 heteroatoms. The summed E-state index contributed by atoms with van der Waals surface area (Å²) in [6, 6.07) is 75.0. The molecule has 0 aliphatic carbocycles. The number of pyridine rings is 1. The van der Waals surface area contributed by atoms with E-state index in [2.05, 4.69) is 203 Å². The van der Waals surface area contributed by atoms with Gasteiger partial charge in [0.2, 0.25) is 0 Å². The fourth-order valence-electron chi connectivity index (χ4n) is 8.87. The molecule has 3 aromatic heterocycles. The molecule has 0 saturated heterocycles. The molecule has 0 saturated carbocycles. The van der Waals surface area contributed by atoms with Crippen LogP contribution in [0.4, 0.5) is 0 Å². The Bertz CT molecular complexity index is 3190. The highest BCUT2D eigenvalue weighted by molar-refractivity contribution is 6.10. The molecule has 11 rings (SSSR count). The molecule has 4 nitrogen and oxygen atoms in total. The van der Waals surface area contributed by atoms with Gasteiger partial charge in [-0.1, -0.05) is 158 Å². The van der Waals surface area contributed by atoms with Gasteiger partial charge < -0.3 is 0 Å². The molecule has 0 radical (unpaired) electrons. The Morgan fingerprint density at radius 3 is 1.09 bits per heavy atom. The van der Waals surface area contributed by atoms with Crippen molar-refractivity contribution >= 4 is 43.6 Å². The van der Waals surface area contributed by atoms with Gasteiger partial charge in [0.05, 0.1) is 33.7 Å². The molecule has 0 aliphatic heterocycles. The van der Waals surface area contributed by atoms with Crippen molar-refractivity contribution in [2.45, 2.75) is 0 Å². The van der Waals surface area contributed by atoms with Crippen molar-refractivity contribution in [3.8, 4) is 62.2 Å². The third kappa shape index (κ3) is 5.33. The maximum Gasteiger partial charge on any atom is 0.140 e. The van der Waals surface area contributed by atoms with Crippen LogP contribution in [0.1, 0.15) is 5.56 Å². The van der Waals surface area contributed by atoms with E-state index in [9.17, 15) is 5.26 Å². The number of rotatable bonds is 6. The van der Waals surface area contributed by atoms with Crippen LogP contribution in [0.2, 0.25) is 0 Å². The van der Waals surface area contributed by atoms with Crippen LogP contribution < -0.4 is 0 Å². The number of fused-ring (bicyclic) bond motifs is 6. The second-order valence-electron chi connectivity index (χ2n) is 14.6. The van der Waals surface area contributed by atoms with E-state index in [-0.39, 0.29) is 0 Å². The van der Waals surface area contributed by atoms with Crippen molar-refractivity contribution in [1.82, 2.24) is 14.1 Å². The van der Waals surface area contributed by atoms with Crippen LogP contribution in [0.25, 0.3) is 99.8 Å². The molecular formula is C54H34N4. The van der Waals surface area contributed by atoms with E-state index >= 15 is 0 Å². The first-order valence-electron chi connectivity index (χ1n) is 19.5. The highest BCUT2D eigenvalue weighted by Gasteiger charge is 2.21. The smallest absolute Gasteiger partial charge is 0.140 e. The highest BCUT2D eigenvalue weighted by atomic mass is 15.1. The molecular weight excluding hydrogens is 705 g/mol. The van der Waals surface area contributed by atoms with Crippen molar-refractivity contribution in [3.05, 3.63) is 212 Å². The first kappa shape index (κ1) is 33.3.